The van der Waals surface area contributed by atoms with Crippen LogP contribution in [0.25, 0.3) is 0 Å². The topological polar surface area (TPSA) is 79.5 Å². The number of halogens is 1. The molecule has 1 fully saturated rings. The number of nitrogen functional groups attached to an aromatic ring is 1. The van der Waals surface area contributed by atoms with Crippen LogP contribution < -0.4 is 20.7 Å². The normalized spacial score (nSPS) is 15.3. The fourth-order valence-electron chi connectivity index (χ4n) is 3.04. The van der Waals surface area contributed by atoms with Crippen molar-refractivity contribution in [1.82, 2.24) is 14.9 Å². The van der Waals surface area contributed by atoms with Crippen LogP contribution in [0.3, 0.4) is 0 Å². The van der Waals surface area contributed by atoms with E-state index in [1.807, 2.05) is 12.1 Å². The Balaban J connectivity index is 1.74. The van der Waals surface area contributed by atoms with Crippen LogP contribution in [0.1, 0.15) is 13.8 Å². The minimum atomic E-state index is 0.239. The van der Waals surface area contributed by atoms with Gasteiger partial charge in [-0.25, -0.2) is 4.98 Å². The highest BCUT2D eigenvalue weighted by Gasteiger charge is 2.20. The number of ether oxygens (including phenoxy) is 1. The Morgan fingerprint density at radius 2 is 1.96 bits per heavy atom. The van der Waals surface area contributed by atoms with Gasteiger partial charge in [0.15, 0.2) is 0 Å². The number of aromatic nitrogens is 2. The van der Waals surface area contributed by atoms with Crippen molar-refractivity contribution >= 4 is 34.7 Å². The summed E-state index contributed by atoms with van der Waals surface area (Å²) in [5, 5.41) is 3.46. The Morgan fingerprint density at radius 3 is 2.58 bits per heavy atom. The van der Waals surface area contributed by atoms with Gasteiger partial charge in [0.05, 0.1) is 19.0 Å². The zero-order valence-electron chi connectivity index (χ0n) is 15.4. The maximum atomic E-state index is 5.87. The molecule has 0 unspecified atom stereocenters. The third-order valence-corrected chi connectivity index (χ3v) is 4.90. The van der Waals surface area contributed by atoms with Crippen molar-refractivity contribution in [3.05, 3.63) is 29.4 Å². The standard InChI is InChI=1S/C18H25ClN6O/c1-12(2)24-6-8-25(9-7-24)13-4-5-15(16(10-13)26-3)22-18-21-11-14(19)17(20)23-18/h4-5,10-12H,6-9H2,1-3H3,(H3,20,21,22,23). The average Bonchev–Trinajstić information content (AvgIpc) is 2.65. The quantitative estimate of drug-likeness (QED) is 0.830. The molecule has 2 aromatic rings. The first-order chi connectivity index (χ1) is 12.5. The van der Waals surface area contributed by atoms with Gasteiger partial charge in [0, 0.05) is 44.0 Å². The van der Waals surface area contributed by atoms with Crippen LogP contribution in [0.2, 0.25) is 5.02 Å². The van der Waals surface area contributed by atoms with Gasteiger partial charge in [0.2, 0.25) is 5.95 Å². The van der Waals surface area contributed by atoms with Gasteiger partial charge in [0.25, 0.3) is 0 Å². The number of rotatable bonds is 5. The summed E-state index contributed by atoms with van der Waals surface area (Å²) < 4.78 is 5.55. The van der Waals surface area contributed by atoms with Crippen molar-refractivity contribution < 1.29 is 4.74 Å². The van der Waals surface area contributed by atoms with E-state index in [-0.39, 0.29) is 5.82 Å². The zero-order chi connectivity index (χ0) is 18.7. The molecule has 0 amide bonds. The molecule has 0 spiro atoms. The Morgan fingerprint density at radius 1 is 1.23 bits per heavy atom. The van der Waals surface area contributed by atoms with E-state index in [4.69, 9.17) is 22.1 Å². The molecule has 1 aliphatic heterocycles. The third kappa shape index (κ3) is 4.11. The summed E-state index contributed by atoms with van der Waals surface area (Å²) in [7, 11) is 1.65. The lowest BCUT2D eigenvalue weighted by atomic mass is 10.2. The molecular weight excluding hydrogens is 352 g/mol. The number of nitrogens with zero attached hydrogens (tertiary/aromatic N) is 4. The highest BCUT2D eigenvalue weighted by atomic mass is 35.5. The SMILES string of the molecule is COc1cc(N2CCN(C(C)C)CC2)ccc1Nc1ncc(Cl)c(N)n1. The lowest BCUT2D eigenvalue weighted by molar-refractivity contribution is 0.209. The molecule has 140 valence electrons. The molecule has 3 N–H and O–H groups in total. The van der Waals surface area contributed by atoms with Crippen molar-refractivity contribution in [2.45, 2.75) is 19.9 Å². The number of nitrogens with one attached hydrogen (secondary N) is 1. The van der Waals surface area contributed by atoms with Crippen LogP contribution >= 0.6 is 11.6 Å². The van der Waals surface area contributed by atoms with E-state index < -0.39 is 0 Å². The van der Waals surface area contributed by atoms with Crippen LogP contribution in [-0.2, 0) is 0 Å². The van der Waals surface area contributed by atoms with E-state index in [1.54, 1.807) is 7.11 Å². The van der Waals surface area contributed by atoms with E-state index in [9.17, 15) is 0 Å². The molecule has 1 aromatic heterocycles. The van der Waals surface area contributed by atoms with E-state index in [2.05, 4.69) is 45.0 Å². The predicted octanol–water partition coefficient (Wildman–Crippen LogP) is 2.99. The molecule has 3 rings (SSSR count). The maximum absolute atomic E-state index is 5.87. The second kappa shape index (κ2) is 7.97. The minimum absolute atomic E-state index is 0.239. The van der Waals surface area contributed by atoms with Gasteiger partial charge < -0.3 is 20.7 Å². The van der Waals surface area contributed by atoms with Gasteiger partial charge in [-0.1, -0.05) is 11.6 Å². The van der Waals surface area contributed by atoms with E-state index in [1.165, 1.54) is 6.20 Å². The fourth-order valence-corrected chi connectivity index (χ4v) is 3.13. The smallest absolute Gasteiger partial charge is 0.229 e. The molecule has 8 heteroatoms. The van der Waals surface area contributed by atoms with Crippen LogP contribution in [-0.4, -0.2) is 54.2 Å². The molecule has 1 aliphatic rings. The average molecular weight is 377 g/mol. The van der Waals surface area contributed by atoms with Crippen LogP contribution in [0, 0.1) is 0 Å². The Bertz CT molecular complexity index is 761. The summed E-state index contributed by atoms with van der Waals surface area (Å²) in [4.78, 5) is 13.1. The predicted molar refractivity (Wildman–Crippen MR) is 107 cm³/mol. The maximum Gasteiger partial charge on any atom is 0.229 e. The summed E-state index contributed by atoms with van der Waals surface area (Å²) in [5.41, 5.74) is 7.66. The van der Waals surface area contributed by atoms with Gasteiger partial charge in [-0.05, 0) is 26.0 Å². The number of hydrogen-bond acceptors (Lipinski definition) is 7. The first kappa shape index (κ1) is 18.5. The van der Waals surface area contributed by atoms with Crippen molar-refractivity contribution in [1.29, 1.82) is 0 Å². The number of hydrogen-bond donors (Lipinski definition) is 2. The van der Waals surface area contributed by atoms with Gasteiger partial charge in [-0.15, -0.1) is 0 Å². The minimum Gasteiger partial charge on any atom is -0.494 e. The van der Waals surface area contributed by atoms with Crippen molar-refractivity contribution in [3.8, 4) is 5.75 Å². The number of benzene rings is 1. The van der Waals surface area contributed by atoms with Crippen molar-refractivity contribution in [2.24, 2.45) is 0 Å². The van der Waals surface area contributed by atoms with Gasteiger partial charge in [-0.2, -0.15) is 4.98 Å². The van der Waals surface area contributed by atoms with Crippen LogP contribution in [0.4, 0.5) is 23.1 Å². The molecule has 7 nitrogen and oxygen atoms in total. The van der Waals surface area contributed by atoms with Gasteiger partial charge in [-0.3, -0.25) is 4.90 Å². The summed E-state index contributed by atoms with van der Waals surface area (Å²) in [6, 6.07) is 6.67. The van der Waals surface area contributed by atoms with E-state index in [0.29, 0.717) is 17.0 Å². The first-order valence-corrected chi connectivity index (χ1v) is 9.08. The molecule has 0 bridgehead atoms. The fraction of sp³-hybridized carbons (Fsp3) is 0.444. The molecule has 0 saturated carbocycles. The molecule has 1 saturated heterocycles. The van der Waals surface area contributed by atoms with Gasteiger partial charge >= 0.3 is 0 Å². The largest absolute Gasteiger partial charge is 0.494 e. The van der Waals surface area contributed by atoms with E-state index in [0.717, 1.165) is 43.3 Å². The molecule has 2 heterocycles. The molecule has 0 radical (unpaired) electrons. The number of anilines is 4. The van der Waals surface area contributed by atoms with Gasteiger partial charge in [0.1, 0.15) is 16.6 Å². The summed E-state index contributed by atoms with van der Waals surface area (Å²) in [6.45, 7) is 8.63. The molecule has 0 atom stereocenters. The van der Waals surface area contributed by atoms with Crippen LogP contribution in [0.5, 0.6) is 5.75 Å². The van der Waals surface area contributed by atoms with Crippen molar-refractivity contribution in [3.63, 3.8) is 0 Å². The second-order valence-corrected chi connectivity index (χ2v) is 6.96. The highest BCUT2D eigenvalue weighted by Crippen LogP contribution is 2.32. The number of nitrogens with two attached hydrogens (primary N) is 1. The number of methoxy groups -OCH3 is 1. The summed E-state index contributed by atoms with van der Waals surface area (Å²) in [6.07, 6.45) is 1.47. The monoisotopic (exact) mass is 376 g/mol. The van der Waals surface area contributed by atoms with E-state index >= 15 is 0 Å². The summed E-state index contributed by atoms with van der Waals surface area (Å²) in [5.74, 6) is 1.34. The third-order valence-electron chi connectivity index (χ3n) is 4.61. The number of piperazine rings is 1. The molecule has 0 aliphatic carbocycles. The first-order valence-electron chi connectivity index (χ1n) is 8.70. The molecule has 26 heavy (non-hydrogen) atoms. The zero-order valence-corrected chi connectivity index (χ0v) is 16.1. The molecule has 1 aromatic carbocycles. The highest BCUT2D eigenvalue weighted by molar-refractivity contribution is 6.32. The summed E-state index contributed by atoms with van der Waals surface area (Å²) >= 11 is 5.87. The Kier molecular flexibility index (Phi) is 5.68. The molecular formula is C18H25ClN6O. The lowest BCUT2D eigenvalue weighted by Gasteiger charge is -2.38. The van der Waals surface area contributed by atoms with Crippen LogP contribution in [0.15, 0.2) is 24.4 Å². The Labute approximate surface area is 159 Å². The van der Waals surface area contributed by atoms with Crippen molar-refractivity contribution in [2.75, 3.05) is 49.2 Å². The Hall–Kier alpha value is -2.25. The second-order valence-electron chi connectivity index (χ2n) is 6.55. The lowest BCUT2D eigenvalue weighted by Crippen LogP contribution is -2.48.